The lowest BCUT2D eigenvalue weighted by Crippen LogP contribution is -2.25. The number of hydrogen-bond acceptors (Lipinski definition) is 3. The van der Waals surface area contributed by atoms with Crippen LogP contribution in [0, 0.1) is 0 Å². The lowest BCUT2D eigenvalue weighted by molar-refractivity contribution is 0.279. The number of nitrogens with two attached hydrogens (primary N) is 1. The molecule has 1 aliphatic rings. The number of fused-ring (bicyclic) bond motifs is 1. The summed E-state index contributed by atoms with van der Waals surface area (Å²) in [5.41, 5.74) is 10.9. The molecule has 2 aromatic carbocycles. The molecule has 0 fully saturated rings. The normalized spacial score (nSPS) is 15.3. The Labute approximate surface area is 126 Å². The van der Waals surface area contributed by atoms with Gasteiger partial charge in [-0.25, -0.2) is 0 Å². The largest absolute Gasteiger partial charge is 0.495 e. The van der Waals surface area contributed by atoms with Crippen molar-refractivity contribution in [1.29, 1.82) is 0 Å². The van der Waals surface area contributed by atoms with Crippen LogP contribution in [0.15, 0.2) is 42.5 Å². The Morgan fingerprint density at radius 1 is 1.05 bits per heavy atom. The van der Waals surface area contributed by atoms with Gasteiger partial charge in [0.25, 0.3) is 0 Å². The maximum absolute atomic E-state index is 5.99. The molecule has 3 heteroatoms. The van der Waals surface area contributed by atoms with E-state index in [-0.39, 0.29) is 0 Å². The van der Waals surface area contributed by atoms with Gasteiger partial charge in [0.1, 0.15) is 5.75 Å². The van der Waals surface area contributed by atoms with E-state index in [0.29, 0.717) is 5.69 Å². The van der Waals surface area contributed by atoms with Crippen molar-refractivity contribution >= 4 is 5.69 Å². The molecule has 0 aromatic heterocycles. The Hall–Kier alpha value is -2.00. The second kappa shape index (κ2) is 6.19. The highest BCUT2D eigenvalue weighted by atomic mass is 16.5. The molecular formula is C18H22N2O. The number of nitrogens with zero attached hydrogens (tertiary/aromatic N) is 1. The first-order valence-electron chi connectivity index (χ1n) is 7.48. The molecule has 0 atom stereocenters. The highest BCUT2D eigenvalue weighted by molar-refractivity contribution is 5.54. The first kappa shape index (κ1) is 14.0. The molecule has 3 nitrogen and oxygen atoms in total. The van der Waals surface area contributed by atoms with E-state index in [1.165, 1.54) is 16.7 Å². The lowest BCUT2D eigenvalue weighted by Gasteiger charge is -2.20. The highest BCUT2D eigenvalue weighted by Crippen LogP contribution is 2.23. The van der Waals surface area contributed by atoms with Gasteiger partial charge in [-0.3, -0.25) is 4.90 Å². The number of benzene rings is 2. The van der Waals surface area contributed by atoms with Gasteiger partial charge < -0.3 is 10.5 Å². The van der Waals surface area contributed by atoms with Gasteiger partial charge in [0.05, 0.1) is 12.8 Å². The van der Waals surface area contributed by atoms with Crippen LogP contribution < -0.4 is 10.5 Å². The van der Waals surface area contributed by atoms with E-state index >= 15 is 0 Å². The third kappa shape index (κ3) is 3.19. The van der Waals surface area contributed by atoms with Crippen LogP contribution in [-0.4, -0.2) is 25.1 Å². The van der Waals surface area contributed by atoms with Crippen LogP contribution in [0.1, 0.15) is 16.7 Å². The minimum Gasteiger partial charge on any atom is -0.495 e. The van der Waals surface area contributed by atoms with Gasteiger partial charge in [-0.05, 0) is 41.7 Å². The van der Waals surface area contributed by atoms with Crippen LogP contribution >= 0.6 is 0 Å². The fourth-order valence-electron chi connectivity index (χ4n) is 3.01. The number of methoxy groups -OCH3 is 1. The molecule has 0 aliphatic carbocycles. The highest BCUT2D eigenvalue weighted by Gasteiger charge is 2.14. The first-order valence-corrected chi connectivity index (χ1v) is 7.48. The predicted octanol–water partition coefficient (Wildman–Crippen LogP) is 2.88. The second-order valence-corrected chi connectivity index (χ2v) is 5.62. The monoisotopic (exact) mass is 282 g/mol. The number of ether oxygens (including phenoxy) is 1. The quantitative estimate of drug-likeness (QED) is 0.880. The Bertz CT molecular complexity index is 597. The van der Waals surface area contributed by atoms with E-state index in [9.17, 15) is 0 Å². The third-order valence-corrected chi connectivity index (χ3v) is 4.21. The van der Waals surface area contributed by atoms with Crippen molar-refractivity contribution in [2.24, 2.45) is 0 Å². The molecule has 2 N–H and O–H groups in total. The van der Waals surface area contributed by atoms with Crippen molar-refractivity contribution < 1.29 is 4.74 Å². The molecule has 2 aromatic rings. The lowest BCUT2D eigenvalue weighted by atomic mass is 10.0. The van der Waals surface area contributed by atoms with Crippen molar-refractivity contribution in [3.05, 3.63) is 59.2 Å². The van der Waals surface area contributed by atoms with Crippen molar-refractivity contribution in [2.75, 3.05) is 25.9 Å². The van der Waals surface area contributed by atoms with Gasteiger partial charge in [-0.2, -0.15) is 0 Å². The number of rotatable bonds is 3. The predicted molar refractivity (Wildman–Crippen MR) is 86.5 cm³/mol. The summed E-state index contributed by atoms with van der Waals surface area (Å²) in [5.74, 6) is 0.752. The Balaban J connectivity index is 1.68. The Morgan fingerprint density at radius 2 is 1.71 bits per heavy atom. The summed E-state index contributed by atoms with van der Waals surface area (Å²) < 4.78 is 5.21. The molecule has 0 saturated carbocycles. The average Bonchev–Trinajstić information content (AvgIpc) is 2.70. The molecule has 0 saturated heterocycles. The zero-order chi connectivity index (χ0) is 14.7. The van der Waals surface area contributed by atoms with Gasteiger partial charge in [-0.15, -0.1) is 0 Å². The molecular weight excluding hydrogens is 260 g/mol. The Morgan fingerprint density at radius 3 is 2.29 bits per heavy atom. The van der Waals surface area contributed by atoms with Crippen molar-refractivity contribution in [3.8, 4) is 5.75 Å². The molecule has 110 valence electrons. The smallest absolute Gasteiger partial charge is 0.141 e. The summed E-state index contributed by atoms with van der Waals surface area (Å²) in [6.45, 7) is 3.15. The van der Waals surface area contributed by atoms with Crippen LogP contribution in [0.2, 0.25) is 0 Å². The van der Waals surface area contributed by atoms with Crippen LogP contribution in [0.4, 0.5) is 5.69 Å². The zero-order valence-electron chi connectivity index (χ0n) is 12.5. The SMILES string of the molecule is COc1ccc(CN2CCc3ccccc3CC2)cc1N. The fourth-order valence-corrected chi connectivity index (χ4v) is 3.01. The van der Waals surface area contributed by atoms with Crippen molar-refractivity contribution in [1.82, 2.24) is 4.90 Å². The van der Waals surface area contributed by atoms with E-state index in [2.05, 4.69) is 35.2 Å². The van der Waals surface area contributed by atoms with E-state index in [1.54, 1.807) is 7.11 Å². The molecule has 0 bridgehead atoms. The summed E-state index contributed by atoms with van der Waals surface area (Å²) in [7, 11) is 1.65. The number of nitrogen functional groups attached to an aromatic ring is 1. The van der Waals surface area contributed by atoms with Crippen LogP contribution in [0.5, 0.6) is 5.75 Å². The fraction of sp³-hybridized carbons (Fsp3) is 0.333. The summed E-state index contributed by atoms with van der Waals surface area (Å²) in [6, 6.07) is 14.9. The minimum absolute atomic E-state index is 0.716. The van der Waals surface area contributed by atoms with E-state index in [0.717, 1.165) is 38.2 Å². The standard InChI is InChI=1S/C18H22N2O/c1-21-18-7-6-14(12-17(18)19)13-20-10-8-15-4-2-3-5-16(15)9-11-20/h2-7,12H,8-11,13,19H2,1H3. The van der Waals surface area contributed by atoms with Gasteiger partial charge in [0, 0.05) is 19.6 Å². The maximum atomic E-state index is 5.99. The van der Waals surface area contributed by atoms with Gasteiger partial charge >= 0.3 is 0 Å². The van der Waals surface area contributed by atoms with E-state index in [4.69, 9.17) is 10.5 Å². The maximum Gasteiger partial charge on any atom is 0.141 e. The summed E-state index contributed by atoms with van der Waals surface area (Å²) in [5, 5.41) is 0. The first-order chi connectivity index (χ1) is 10.3. The molecule has 0 spiro atoms. The molecule has 1 heterocycles. The number of anilines is 1. The molecule has 0 amide bonds. The number of hydrogen-bond donors (Lipinski definition) is 1. The van der Waals surface area contributed by atoms with E-state index in [1.807, 2.05) is 12.1 Å². The summed E-state index contributed by atoms with van der Waals surface area (Å²) in [6.07, 6.45) is 2.25. The summed E-state index contributed by atoms with van der Waals surface area (Å²) in [4.78, 5) is 2.50. The van der Waals surface area contributed by atoms with Gasteiger partial charge in [0.15, 0.2) is 0 Å². The van der Waals surface area contributed by atoms with Gasteiger partial charge in [-0.1, -0.05) is 30.3 Å². The topological polar surface area (TPSA) is 38.5 Å². The van der Waals surface area contributed by atoms with Crippen LogP contribution in [0.3, 0.4) is 0 Å². The zero-order valence-corrected chi connectivity index (χ0v) is 12.5. The Kier molecular flexibility index (Phi) is 4.11. The molecule has 3 rings (SSSR count). The molecule has 0 radical (unpaired) electrons. The van der Waals surface area contributed by atoms with Crippen molar-refractivity contribution in [2.45, 2.75) is 19.4 Å². The summed E-state index contributed by atoms with van der Waals surface area (Å²) >= 11 is 0. The average molecular weight is 282 g/mol. The van der Waals surface area contributed by atoms with Crippen molar-refractivity contribution in [3.63, 3.8) is 0 Å². The third-order valence-electron chi connectivity index (χ3n) is 4.21. The van der Waals surface area contributed by atoms with Crippen LogP contribution in [-0.2, 0) is 19.4 Å². The van der Waals surface area contributed by atoms with E-state index < -0.39 is 0 Å². The minimum atomic E-state index is 0.716. The molecule has 21 heavy (non-hydrogen) atoms. The molecule has 1 aliphatic heterocycles. The van der Waals surface area contributed by atoms with Crippen LogP contribution in [0.25, 0.3) is 0 Å². The molecule has 0 unspecified atom stereocenters. The van der Waals surface area contributed by atoms with Gasteiger partial charge in [0.2, 0.25) is 0 Å². The second-order valence-electron chi connectivity index (χ2n) is 5.62.